The number of nitrogens with zero attached hydrogens (tertiary/aromatic N) is 2. The quantitative estimate of drug-likeness (QED) is 0.455. The zero-order valence-electron chi connectivity index (χ0n) is 16.4. The summed E-state index contributed by atoms with van der Waals surface area (Å²) in [5, 5.41) is 10.8. The molecule has 1 fully saturated rings. The molecule has 1 aromatic carbocycles. The van der Waals surface area contributed by atoms with Crippen LogP contribution in [0.25, 0.3) is 0 Å². The van der Waals surface area contributed by atoms with Crippen molar-refractivity contribution in [2.75, 3.05) is 11.4 Å². The van der Waals surface area contributed by atoms with E-state index < -0.39 is 29.0 Å². The lowest BCUT2D eigenvalue weighted by Crippen LogP contribution is -2.48. The third-order valence-electron chi connectivity index (χ3n) is 5.16. The van der Waals surface area contributed by atoms with Crippen LogP contribution in [0.3, 0.4) is 0 Å². The van der Waals surface area contributed by atoms with Gasteiger partial charge in [0.2, 0.25) is 0 Å². The minimum atomic E-state index is -1.24. The van der Waals surface area contributed by atoms with Gasteiger partial charge >= 0.3 is 12.0 Å². The number of thioether (sulfide) groups is 1. The Morgan fingerprint density at radius 1 is 1.30 bits per heavy atom. The summed E-state index contributed by atoms with van der Waals surface area (Å²) < 4.78 is 27.9. The molecule has 2 N–H and O–H groups in total. The van der Waals surface area contributed by atoms with Gasteiger partial charge in [-0.25, -0.2) is 18.4 Å². The maximum absolute atomic E-state index is 13.8. The normalized spacial score (nSPS) is 19.8. The average Bonchev–Trinajstić information content (AvgIpc) is 3.22. The highest BCUT2D eigenvalue weighted by Crippen LogP contribution is 2.31. The Morgan fingerprint density at radius 2 is 2.03 bits per heavy atom. The number of carboxylic acid groups (broad SMARTS) is 1. The third-order valence-corrected chi connectivity index (χ3v) is 7.19. The number of aliphatic carboxylic acids is 1. The largest absolute Gasteiger partial charge is 0.479 e. The molecule has 1 aromatic heterocycles. The van der Waals surface area contributed by atoms with Crippen LogP contribution in [0.15, 0.2) is 34.1 Å². The molecule has 30 heavy (non-hydrogen) atoms. The van der Waals surface area contributed by atoms with Crippen molar-refractivity contribution in [1.29, 1.82) is 0 Å². The Hall–Kier alpha value is -2.20. The number of nitrogens with one attached hydrogen (secondary N) is 1. The minimum Gasteiger partial charge on any atom is -0.479 e. The molecule has 1 atom stereocenters. The molecule has 1 aliphatic rings. The van der Waals surface area contributed by atoms with Gasteiger partial charge in [-0.15, -0.1) is 11.3 Å². The van der Waals surface area contributed by atoms with Gasteiger partial charge in [0.1, 0.15) is 0 Å². The van der Waals surface area contributed by atoms with Crippen LogP contribution >= 0.6 is 23.1 Å². The van der Waals surface area contributed by atoms with Crippen molar-refractivity contribution >= 4 is 40.8 Å². The van der Waals surface area contributed by atoms with Gasteiger partial charge in [-0.3, -0.25) is 9.88 Å². The Morgan fingerprint density at radius 3 is 2.63 bits per heavy atom. The number of rotatable bonds is 7. The molecule has 1 aliphatic carbocycles. The molecule has 0 radical (unpaired) electrons. The van der Waals surface area contributed by atoms with Crippen LogP contribution in [0.2, 0.25) is 0 Å². The topological polar surface area (TPSA) is 82.5 Å². The van der Waals surface area contributed by atoms with Crippen LogP contribution in [0.1, 0.15) is 32.6 Å². The third kappa shape index (κ3) is 5.91. The van der Waals surface area contributed by atoms with E-state index in [-0.39, 0.29) is 11.6 Å². The summed E-state index contributed by atoms with van der Waals surface area (Å²) >= 11 is 2.23. The van der Waals surface area contributed by atoms with Gasteiger partial charge in [-0.05, 0) is 36.8 Å². The molecule has 1 heterocycles. The Kier molecular flexibility index (Phi) is 7.65. The minimum absolute atomic E-state index is 0.192. The van der Waals surface area contributed by atoms with Crippen molar-refractivity contribution in [3.8, 4) is 0 Å². The van der Waals surface area contributed by atoms with Crippen LogP contribution in [0.5, 0.6) is 0 Å². The second-order valence-electron chi connectivity index (χ2n) is 7.44. The molecule has 10 heteroatoms. The first-order chi connectivity index (χ1) is 14.3. The van der Waals surface area contributed by atoms with Gasteiger partial charge in [0.25, 0.3) is 0 Å². The maximum atomic E-state index is 13.8. The van der Waals surface area contributed by atoms with Crippen molar-refractivity contribution in [2.24, 2.45) is 11.8 Å². The van der Waals surface area contributed by atoms with E-state index in [4.69, 9.17) is 0 Å². The second-order valence-corrected chi connectivity index (χ2v) is 9.73. The summed E-state index contributed by atoms with van der Waals surface area (Å²) in [5.74, 6) is -2.44. The number of carbonyl (C=O) groups excluding carboxylic acids is 1. The molecule has 3 rings (SSSR count). The first-order valence-electron chi connectivity index (χ1n) is 9.64. The van der Waals surface area contributed by atoms with Crippen molar-refractivity contribution in [3.05, 3.63) is 41.5 Å². The summed E-state index contributed by atoms with van der Waals surface area (Å²) in [7, 11) is 0. The predicted octanol–water partition coefficient (Wildman–Crippen LogP) is 4.97. The smallest absolute Gasteiger partial charge is 0.337 e. The molecule has 0 spiro atoms. The highest BCUT2D eigenvalue weighted by molar-refractivity contribution is 8.02. The summed E-state index contributed by atoms with van der Waals surface area (Å²) in [6.07, 6.45) is 5.45. The number of thiazole rings is 1. The predicted molar refractivity (Wildman–Crippen MR) is 113 cm³/mol. The molecule has 1 unspecified atom stereocenters. The zero-order chi connectivity index (χ0) is 21.7. The summed E-state index contributed by atoms with van der Waals surface area (Å²) in [6, 6.07) is 2.60. The van der Waals surface area contributed by atoms with Gasteiger partial charge in [0, 0.05) is 18.3 Å². The number of carboxylic acids is 1. The lowest BCUT2D eigenvalue weighted by atomic mass is 9.83. The van der Waals surface area contributed by atoms with Crippen molar-refractivity contribution in [2.45, 2.75) is 42.2 Å². The van der Waals surface area contributed by atoms with E-state index in [0.717, 1.165) is 49.6 Å². The van der Waals surface area contributed by atoms with Crippen LogP contribution in [0.4, 0.5) is 19.3 Å². The molecule has 0 saturated heterocycles. The SMILES string of the molecule is CC1CCC(CN(C(=O)NC(Sc2cncs2)C(=O)O)c2ccc(F)c(F)c2)CC1. The monoisotopic (exact) mass is 455 g/mol. The number of benzene rings is 1. The van der Waals surface area contributed by atoms with E-state index >= 15 is 0 Å². The zero-order valence-corrected chi connectivity index (χ0v) is 18.0. The number of amides is 2. The second kappa shape index (κ2) is 10.2. The summed E-state index contributed by atoms with van der Waals surface area (Å²) in [5.41, 5.74) is 1.76. The molecular formula is C20H23F2N3O3S2. The number of hydrogen-bond acceptors (Lipinski definition) is 5. The van der Waals surface area contributed by atoms with Gasteiger partial charge in [-0.2, -0.15) is 0 Å². The Balaban J connectivity index is 1.79. The Labute approximate surface area is 181 Å². The van der Waals surface area contributed by atoms with Gasteiger partial charge in [-0.1, -0.05) is 31.5 Å². The molecule has 0 aliphatic heterocycles. The van der Waals surface area contributed by atoms with E-state index in [2.05, 4.69) is 17.2 Å². The lowest BCUT2D eigenvalue weighted by Gasteiger charge is -2.32. The molecule has 0 bridgehead atoms. The van der Waals surface area contributed by atoms with E-state index in [9.17, 15) is 23.5 Å². The first kappa shape index (κ1) is 22.5. The standard InChI is InChI=1S/C20H23F2N3O3S2/c1-12-2-4-13(5-3-12)10-25(14-6-7-15(21)16(22)8-14)20(28)24-18(19(26)27)30-17-9-23-11-29-17/h6-9,11-13,18H,2-5,10H2,1H3,(H,24,28)(H,26,27). The van der Waals surface area contributed by atoms with E-state index in [1.807, 2.05) is 0 Å². The molecule has 2 amide bonds. The van der Waals surface area contributed by atoms with Crippen molar-refractivity contribution in [1.82, 2.24) is 10.3 Å². The number of urea groups is 1. The first-order valence-corrected chi connectivity index (χ1v) is 11.4. The average molecular weight is 456 g/mol. The summed E-state index contributed by atoms with van der Waals surface area (Å²) in [6.45, 7) is 2.49. The molecule has 2 aromatic rings. The van der Waals surface area contributed by atoms with Gasteiger partial charge in [0.05, 0.1) is 15.9 Å². The summed E-state index contributed by atoms with van der Waals surface area (Å²) in [4.78, 5) is 29.9. The van der Waals surface area contributed by atoms with Crippen molar-refractivity contribution in [3.63, 3.8) is 0 Å². The van der Waals surface area contributed by atoms with Gasteiger partial charge < -0.3 is 10.4 Å². The number of aromatic nitrogens is 1. The van der Waals surface area contributed by atoms with Crippen molar-refractivity contribution < 1.29 is 23.5 Å². The van der Waals surface area contributed by atoms with Crippen LogP contribution < -0.4 is 10.2 Å². The number of anilines is 1. The van der Waals surface area contributed by atoms with Crippen LogP contribution in [-0.2, 0) is 4.79 Å². The van der Waals surface area contributed by atoms with Crippen LogP contribution in [0, 0.1) is 23.5 Å². The van der Waals surface area contributed by atoms with Crippen LogP contribution in [-0.4, -0.2) is 34.0 Å². The molecule has 162 valence electrons. The van der Waals surface area contributed by atoms with Gasteiger partial charge in [0.15, 0.2) is 17.0 Å². The highest BCUT2D eigenvalue weighted by atomic mass is 32.2. The number of carbonyl (C=O) groups is 2. The fourth-order valence-electron chi connectivity index (χ4n) is 3.44. The molecular weight excluding hydrogens is 432 g/mol. The lowest BCUT2D eigenvalue weighted by molar-refractivity contribution is -0.136. The van der Waals surface area contributed by atoms with E-state index in [1.54, 1.807) is 5.51 Å². The fraction of sp³-hybridized carbons (Fsp3) is 0.450. The number of halogens is 2. The number of hydrogen-bond donors (Lipinski definition) is 2. The Bertz CT molecular complexity index is 874. The van der Waals surface area contributed by atoms with E-state index in [0.29, 0.717) is 16.7 Å². The van der Waals surface area contributed by atoms with E-state index in [1.165, 1.54) is 28.5 Å². The maximum Gasteiger partial charge on any atom is 0.337 e. The fourth-order valence-corrected chi connectivity index (χ4v) is 5.04. The molecule has 6 nitrogen and oxygen atoms in total. The molecule has 1 saturated carbocycles. The highest BCUT2D eigenvalue weighted by Gasteiger charge is 2.29.